The van der Waals surface area contributed by atoms with Crippen LogP contribution in [0.4, 0.5) is 10.1 Å². The Morgan fingerprint density at radius 2 is 1.77 bits per heavy atom. The van der Waals surface area contributed by atoms with E-state index < -0.39 is 11.7 Å². The number of methoxy groups -OCH3 is 3. The summed E-state index contributed by atoms with van der Waals surface area (Å²) in [6.07, 6.45) is 0.0800. The fraction of sp³-hybridized carbons (Fsp3) is 0.364. The lowest BCUT2D eigenvalue weighted by Crippen LogP contribution is -2.35. The fourth-order valence-electron chi connectivity index (χ4n) is 3.40. The van der Waals surface area contributed by atoms with Gasteiger partial charge in [0.25, 0.3) is 0 Å². The van der Waals surface area contributed by atoms with E-state index in [1.54, 1.807) is 24.3 Å². The van der Waals surface area contributed by atoms with Crippen LogP contribution >= 0.6 is 0 Å². The zero-order valence-corrected chi connectivity index (χ0v) is 17.6. The number of carbonyl (C=O) groups is 2. The average Bonchev–Trinajstić information content (AvgIpc) is 3.18. The molecule has 31 heavy (non-hydrogen) atoms. The summed E-state index contributed by atoms with van der Waals surface area (Å²) in [5, 5.41) is 2.74. The van der Waals surface area contributed by atoms with Crippen LogP contribution in [0.5, 0.6) is 23.0 Å². The quantitative estimate of drug-likeness (QED) is 0.613. The number of nitrogens with one attached hydrogen (secondary N) is 1. The zero-order chi connectivity index (χ0) is 22.4. The minimum Gasteiger partial charge on any atom is -0.493 e. The molecule has 9 heteroatoms. The average molecular weight is 432 g/mol. The molecule has 3 rings (SSSR count). The number of ether oxygens (including phenoxy) is 4. The molecule has 0 aliphatic carbocycles. The standard InChI is InChI=1S/C22H25FN2O6/c1-28-18-11-15(12-19(29-2)21(18)30-3)25-13-14(10-20(25)26)22(27)24-8-9-31-17-7-5-4-6-16(17)23/h4-7,11-12,14H,8-10,13H2,1-3H3,(H,24,27)/t14-/m1/s1. The fourth-order valence-corrected chi connectivity index (χ4v) is 3.40. The number of amides is 2. The lowest BCUT2D eigenvalue weighted by atomic mass is 10.1. The first-order valence-corrected chi connectivity index (χ1v) is 9.73. The van der Waals surface area contributed by atoms with E-state index in [2.05, 4.69) is 5.32 Å². The summed E-state index contributed by atoms with van der Waals surface area (Å²) >= 11 is 0. The van der Waals surface area contributed by atoms with Gasteiger partial charge in [-0.2, -0.15) is 0 Å². The maximum absolute atomic E-state index is 13.5. The largest absolute Gasteiger partial charge is 0.493 e. The first kappa shape index (κ1) is 22.2. The van der Waals surface area contributed by atoms with Crippen molar-refractivity contribution >= 4 is 17.5 Å². The van der Waals surface area contributed by atoms with Crippen molar-refractivity contribution in [1.82, 2.24) is 5.32 Å². The first-order valence-electron chi connectivity index (χ1n) is 9.73. The van der Waals surface area contributed by atoms with Crippen molar-refractivity contribution in [3.05, 3.63) is 42.2 Å². The van der Waals surface area contributed by atoms with Crippen molar-refractivity contribution in [2.75, 3.05) is 45.9 Å². The molecule has 0 spiro atoms. The number of hydrogen-bond donors (Lipinski definition) is 1. The molecule has 1 atom stereocenters. The number of benzene rings is 2. The lowest BCUT2D eigenvalue weighted by Gasteiger charge is -2.20. The number of anilines is 1. The molecule has 1 N–H and O–H groups in total. The lowest BCUT2D eigenvalue weighted by molar-refractivity contribution is -0.126. The van der Waals surface area contributed by atoms with Gasteiger partial charge in [-0.1, -0.05) is 12.1 Å². The molecule has 0 unspecified atom stereocenters. The molecule has 2 aromatic carbocycles. The van der Waals surface area contributed by atoms with Crippen LogP contribution in [-0.2, 0) is 9.59 Å². The molecular weight excluding hydrogens is 407 g/mol. The Kier molecular flexibility index (Phi) is 7.17. The molecule has 0 aromatic heterocycles. The summed E-state index contributed by atoms with van der Waals surface area (Å²) in [6, 6.07) is 9.39. The molecule has 2 amide bonds. The molecule has 1 saturated heterocycles. The summed E-state index contributed by atoms with van der Waals surface area (Å²) < 4.78 is 34.8. The summed E-state index contributed by atoms with van der Waals surface area (Å²) in [6.45, 7) is 0.531. The Morgan fingerprint density at radius 1 is 1.10 bits per heavy atom. The molecule has 1 heterocycles. The predicted molar refractivity (Wildman–Crippen MR) is 111 cm³/mol. The van der Waals surface area contributed by atoms with Gasteiger partial charge in [-0.3, -0.25) is 9.59 Å². The molecule has 1 aliphatic heterocycles. The van der Waals surface area contributed by atoms with E-state index >= 15 is 0 Å². The van der Waals surface area contributed by atoms with Crippen molar-refractivity contribution in [3.63, 3.8) is 0 Å². The Hall–Kier alpha value is -3.49. The van der Waals surface area contributed by atoms with Crippen LogP contribution in [0.3, 0.4) is 0 Å². The van der Waals surface area contributed by atoms with E-state index in [1.807, 2.05) is 0 Å². The van der Waals surface area contributed by atoms with Crippen LogP contribution in [0.15, 0.2) is 36.4 Å². The number of nitrogens with zero attached hydrogens (tertiary/aromatic N) is 1. The van der Waals surface area contributed by atoms with Gasteiger partial charge in [-0.15, -0.1) is 0 Å². The normalized spacial score (nSPS) is 15.5. The van der Waals surface area contributed by atoms with Gasteiger partial charge in [0.2, 0.25) is 17.6 Å². The highest BCUT2D eigenvalue weighted by atomic mass is 19.1. The van der Waals surface area contributed by atoms with Gasteiger partial charge in [-0.05, 0) is 12.1 Å². The minimum absolute atomic E-state index is 0.0800. The maximum atomic E-state index is 13.5. The number of para-hydroxylation sites is 1. The Morgan fingerprint density at radius 3 is 2.39 bits per heavy atom. The minimum atomic E-state index is -0.514. The molecule has 0 bridgehead atoms. The van der Waals surface area contributed by atoms with Crippen LogP contribution in [0.1, 0.15) is 6.42 Å². The monoisotopic (exact) mass is 432 g/mol. The smallest absolute Gasteiger partial charge is 0.227 e. The third kappa shape index (κ3) is 4.99. The first-order chi connectivity index (χ1) is 15.0. The molecular formula is C22H25FN2O6. The summed E-state index contributed by atoms with van der Waals surface area (Å²) in [7, 11) is 4.48. The zero-order valence-electron chi connectivity index (χ0n) is 17.6. The molecule has 166 valence electrons. The van der Waals surface area contributed by atoms with E-state index in [9.17, 15) is 14.0 Å². The molecule has 0 radical (unpaired) electrons. The van der Waals surface area contributed by atoms with Gasteiger partial charge in [0.05, 0.1) is 39.5 Å². The van der Waals surface area contributed by atoms with Crippen LogP contribution in [0.2, 0.25) is 0 Å². The number of hydrogen-bond acceptors (Lipinski definition) is 6. The van der Waals surface area contributed by atoms with Crippen molar-refractivity contribution < 1.29 is 32.9 Å². The van der Waals surface area contributed by atoms with Crippen LogP contribution in [0.25, 0.3) is 0 Å². The molecule has 1 fully saturated rings. The van der Waals surface area contributed by atoms with Gasteiger partial charge in [0.15, 0.2) is 23.1 Å². The predicted octanol–water partition coefficient (Wildman–Crippen LogP) is 2.40. The topological polar surface area (TPSA) is 86.3 Å². The van der Waals surface area contributed by atoms with Gasteiger partial charge in [-0.25, -0.2) is 4.39 Å². The highest BCUT2D eigenvalue weighted by Gasteiger charge is 2.35. The highest BCUT2D eigenvalue weighted by Crippen LogP contribution is 2.42. The van der Waals surface area contributed by atoms with Gasteiger partial charge in [0.1, 0.15) is 6.61 Å². The molecule has 2 aromatic rings. The third-order valence-corrected chi connectivity index (χ3v) is 4.95. The van der Waals surface area contributed by atoms with Crippen LogP contribution in [0, 0.1) is 11.7 Å². The summed E-state index contributed by atoms with van der Waals surface area (Å²) in [5.41, 5.74) is 0.553. The van der Waals surface area contributed by atoms with Gasteiger partial charge < -0.3 is 29.2 Å². The van der Waals surface area contributed by atoms with E-state index in [0.717, 1.165) is 0 Å². The third-order valence-electron chi connectivity index (χ3n) is 4.95. The Balaban J connectivity index is 1.59. The van der Waals surface area contributed by atoms with Crippen molar-refractivity contribution in [1.29, 1.82) is 0 Å². The molecule has 1 aliphatic rings. The van der Waals surface area contributed by atoms with Crippen LogP contribution < -0.4 is 29.2 Å². The number of halogens is 1. The molecule has 8 nitrogen and oxygen atoms in total. The van der Waals surface area contributed by atoms with Crippen molar-refractivity contribution in [2.24, 2.45) is 5.92 Å². The van der Waals surface area contributed by atoms with Gasteiger partial charge in [0, 0.05) is 25.1 Å². The second-order valence-corrected chi connectivity index (χ2v) is 6.86. The van der Waals surface area contributed by atoms with Crippen molar-refractivity contribution in [3.8, 4) is 23.0 Å². The van der Waals surface area contributed by atoms with Crippen molar-refractivity contribution in [2.45, 2.75) is 6.42 Å². The van der Waals surface area contributed by atoms with Gasteiger partial charge >= 0.3 is 0 Å². The summed E-state index contributed by atoms with van der Waals surface area (Å²) in [4.78, 5) is 26.6. The SMILES string of the molecule is COc1cc(N2C[C@H](C(=O)NCCOc3ccccc3F)CC2=O)cc(OC)c1OC. The second kappa shape index (κ2) is 10.0. The maximum Gasteiger partial charge on any atom is 0.227 e. The van der Waals surface area contributed by atoms with E-state index in [0.29, 0.717) is 22.9 Å². The Labute approximate surface area is 179 Å². The van der Waals surface area contributed by atoms with Crippen LogP contribution in [-0.4, -0.2) is 52.8 Å². The summed E-state index contributed by atoms with van der Waals surface area (Å²) in [5.74, 6) is -0.0367. The van der Waals surface area contributed by atoms with E-state index in [4.69, 9.17) is 18.9 Å². The van der Waals surface area contributed by atoms with E-state index in [1.165, 1.54) is 38.4 Å². The Bertz CT molecular complexity index is 926. The number of carbonyl (C=O) groups excluding carboxylic acids is 2. The second-order valence-electron chi connectivity index (χ2n) is 6.86. The molecule has 0 saturated carbocycles. The highest BCUT2D eigenvalue weighted by molar-refractivity contribution is 6.00. The van der Waals surface area contributed by atoms with E-state index in [-0.39, 0.29) is 43.7 Å². The number of rotatable bonds is 9.